The molecule has 0 spiro atoms. The van der Waals surface area contributed by atoms with Crippen molar-refractivity contribution in [3.05, 3.63) is 95.6 Å². The van der Waals surface area contributed by atoms with Gasteiger partial charge in [0.05, 0.1) is 6.10 Å². The Labute approximate surface area is 147 Å². The average Bonchev–Trinajstić information content (AvgIpc) is 2.65. The highest BCUT2D eigenvalue weighted by molar-refractivity contribution is 5.87. The van der Waals surface area contributed by atoms with E-state index in [4.69, 9.17) is 0 Å². The van der Waals surface area contributed by atoms with E-state index in [0.717, 1.165) is 12.8 Å². The van der Waals surface area contributed by atoms with Crippen molar-refractivity contribution in [3.8, 4) is 0 Å². The fraction of sp³-hybridized carbons (Fsp3) is 0.167. The van der Waals surface area contributed by atoms with Gasteiger partial charge in [-0.25, -0.2) is 0 Å². The summed E-state index contributed by atoms with van der Waals surface area (Å²) in [5.74, 6) is 0.153. The summed E-state index contributed by atoms with van der Waals surface area (Å²) in [4.78, 5) is 0. The fourth-order valence-electron chi connectivity index (χ4n) is 4.35. The summed E-state index contributed by atoms with van der Waals surface area (Å²) >= 11 is 0. The maximum atomic E-state index is 10.9. The van der Waals surface area contributed by atoms with Gasteiger partial charge in [0.15, 0.2) is 0 Å². The van der Waals surface area contributed by atoms with Crippen molar-refractivity contribution in [2.45, 2.75) is 24.9 Å². The molecule has 0 radical (unpaired) electrons. The van der Waals surface area contributed by atoms with Crippen LogP contribution < -0.4 is 0 Å². The molecule has 4 aromatic carbocycles. The zero-order valence-electron chi connectivity index (χ0n) is 14.0. The van der Waals surface area contributed by atoms with E-state index in [2.05, 4.69) is 78.9 Å². The highest BCUT2D eigenvalue weighted by atomic mass is 16.3. The Balaban J connectivity index is 1.63. The van der Waals surface area contributed by atoms with Gasteiger partial charge >= 0.3 is 0 Å². The van der Waals surface area contributed by atoms with Gasteiger partial charge in [-0.15, -0.1) is 0 Å². The van der Waals surface area contributed by atoms with Crippen LogP contribution >= 0.6 is 0 Å². The minimum atomic E-state index is -0.334. The molecule has 5 rings (SSSR count). The van der Waals surface area contributed by atoms with Crippen molar-refractivity contribution in [2.24, 2.45) is 0 Å². The predicted octanol–water partition coefficient (Wildman–Crippen LogP) is 5.24. The molecule has 1 heteroatoms. The lowest BCUT2D eigenvalue weighted by atomic mass is 9.76. The van der Waals surface area contributed by atoms with Crippen molar-refractivity contribution in [1.82, 2.24) is 0 Å². The molecule has 0 saturated carbocycles. The summed E-state index contributed by atoms with van der Waals surface area (Å²) in [6, 6.07) is 28.0. The van der Waals surface area contributed by atoms with E-state index in [1.165, 1.54) is 38.2 Å². The lowest BCUT2D eigenvalue weighted by Gasteiger charge is -2.31. The minimum Gasteiger partial charge on any atom is -0.392 e. The number of rotatable bonds is 1. The van der Waals surface area contributed by atoms with Gasteiger partial charge in [-0.05, 0) is 51.1 Å². The monoisotopic (exact) mass is 324 g/mol. The zero-order valence-corrected chi connectivity index (χ0v) is 14.0. The molecule has 0 aromatic heterocycles. The third-order valence-electron chi connectivity index (χ3n) is 5.62. The standard InChI is InChI=1S/C24H20O/c25-24-15-20-13-18-8-2-1-7-17(18)12-19(20)14-23(24)22-11-5-9-16-6-3-4-10-21(16)22/h1-13,23-25H,14-15H2. The largest absolute Gasteiger partial charge is 0.392 e. The average molecular weight is 324 g/mol. The molecule has 0 fully saturated rings. The topological polar surface area (TPSA) is 20.2 Å². The van der Waals surface area contributed by atoms with Crippen LogP contribution in [0.3, 0.4) is 0 Å². The van der Waals surface area contributed by atoms with E-state index < -0.39 is 0 Å². The molecule has 4 aromatic rings. The van der Waals surface area contributed by atoms with Gasteiger partial charge < -0.3 is 5.11 Å². The molecular formula is C24H20O. The smallest absolute Gasteiger partial charge is 0.0652 e. The van der Waals surface area contributed by atoms with Crippen LogP contribution in [0, 0.1) is 0 Å². The predicted molar refractivity (Wildman–Crippen MR) is 104 cm³/mol. The Morgan fingerprint density at radius 3 is 2.00 bits per heavy atom. The second-order valence-electron chi connectivity index (χ2n) is 7.12. The lowest BCUT2D eigenvalue weighted by molar-refractivity contribution is 0.136. The number of hydrogen-bond acceptors (Lipinski definition) is 1. The Morgan fingerprint density at radius 1 is 0.640 bits per heavy atom. The Kier molecular flexibility index (Phi) is 3.36. The molecule has 0 aliphatic heterocycles. The van der Waals surface area contributed by atoms with Gasteiger partial charge in [-0.3, -0.25) is 0 Å². The molecular weight excluding hydrogens is 304 g/mol. The first kappa shape index (κ1) is 14.7. The van der Waals surface area contributed by atoms with Gasteiger partial charge in [0, 0.05) is 5.92 Å². The van der Waals surface area contributed by atoms with Crippen LogP contribution in [0.25, 0.3) is 21.5 Å². The molecule has 1 aliphatic rings. The van der Waals surface area contributed by atoms with Gasteiger partial charge in [-0.1, -0.05) is 78.9 Å². The van der Waals surface area contributed by atoms with Crippen LogP contribution in [-0.2, 0) is 12.8 Å². The molecule has 122 valence electrons. The molecule has 25 heavy (non-hydrogen) atoms. The molecule has 0 amide bonds. The molecule has 2 unspecified atom stereocenters. The Morgan fingerprint density at radius 2 is 1.24 bits per heavy atom. The molecule has 0 saturated heterocycles. The molecule has 1 N–H and O–H groups in total. The maximum absolute atomic E-state index is 10.9. The van der Waals surface area contributed by atoms with Crippen LogP contribution in [0.1, 0.15) is 22.6 Å². The van der Waals surface area contributed by atoms with Crippen molar-refractivity contribution in [3.63, 3.8) is 0 Å². The van der Waals surface area contributed by atoms with Crippen LogP contribution in [0.2, 0.25) is 0 Å². The molecule has 0 heterocycles. The highest BCUT2D eigenvalue weighted by Crippen LogP contribution is 2.37. The van der Waals surface area contributed by atoms with Crippen LogP contribution in [-0.4, -0.2) is 11.2 Å². The van der Waals surface area contributed by atoms with Crippen molar-refractivity contribution >= 4 is 21.5 Å². The Hall–Kier alpha value is -2.64. The number of fused-ring (bicyclic) bond motifs is 3. The second-order valence-corrected chi connectivity index (χ2v) is 7.12. The normalized spacial score (nSPS) is 19.9. The van der Waals surface area contributed by atoms with E-state index in [9.17, 15) is 5.11 Å². The molecule has 0 bridgehead atoms. The van der Waals surface area contributed by atoms with Crippen molar-refractivity contribution in [1.29, 1.82) is 0 Å². The Bertz CT molecular complexity index is 1070. The molecule has 2 atom stereocenters. The minimum absolute atomic E-state index is 0.153. The SMILES string of the molecule is OC1Cc2cc3ccccc3cc2CC1c1cccc2ccccc12. The summed E-state index contributed by atoms with van der Waals surface area (Å²) in [6.07, 6.45) is 1.29. The number of aliphatic hydroxyl groups excluding tert-OH is 1. The van der Waals surface area contributed by atoms with E-state index in [0.29, 0.717) is 0 Å². The third-order valence-corrected chi connectivity index (χ3v) is 5.62. The van der Waals surface area contributed by atoms with Crippen LogP contribution in [0.15, 0.2) is 78.9 Å². The van der Waals surface area contributed by atoms with Crippen LogP contribution in [0.4, 0.5) is 0 Å². The first-order chi connectivity index (χ1) is 12.3. The summed E-state index contributed by atoms with van der Waals surface area (Å²) in [5, 5.41) is 16.0. The highest BCUT2D eigenvalue weighted by Gasteiger charge is 2.29. The van der Waals surface area contributed by atoms with Gasteiger partial charge in [0.1, 0.15) is 0 Å². The summed E-state index contributed by atoms with van der Waals surface area (Å²) in [5.41, 5.74) is 3.94. The first-order valence-electron chi connectivity index (χ1n) is 8.96. The van der Waals surface area contributed by atoms with Crippen molar-refractivity contribution in [2.75, 3.05) is 0 Å². The summed E-state index contributed by atoms with van der Waals surface area (Å²) in [7, 11) is 0. The van der Waals surface area contributed by atoms with E-state index in [1.807, 2.05) is 0 Å². The molecule has 1 aliphatic carbocycles. The summed E-state index contributed by atoms with van der Waals surface area (Å²) < 4.78 is 0. The third kappa shape index (κ3) is 2.43. The quantitative estimate of drug-likeness (QED) is 0.508. The number of hydrogen-bond donors (Lipinski definition) is 1. The second kappa shape index (κ2) is 5.72. The van der Waals surface area contributed by atoms with Gasteiger partial charge in [0.25, 0.3) is 0 Å². The van der Waals surface area contributed by atoms with Crippen LogP contribution in [0.5, 0.6) is 0 Å². The maximum Gasteiger partial charge on any atom is 0.0652 e. The zero-order chi connectivity index (χ0) is 16.8. The van der Waals surface area contributed by atoms with Crippen molar-refractivity contribution < 1.29 is 5.11 Å². The van der Waals surface area contributed by atoms with E-state index in [1.54, 1.807) is 0 Å². The lowest BCUT2D eigenvalue weighted by Crippen LogP contribution is -2.28. The van der Waals surface area contributed by atoms with E-state index in [-0.39, 0.29) is 12.0 Å². The number of aliphatic hydroxyl groups is 1. The number of benzene rings is 4. The van der Waals surface area contributed by atoms with Gasteiger partial charge in [-0.2, -0.15) is 0 Å². The first-order valence-corrected chi connectivity index (χ1v) is 8.96. The van der Waals surface area contributed by atoms with Gasteiger partial charge in [0.2, 0.25) is 0 Å². The fourth-order valence-corrected chi connectivity index (χ4v) is 4.35. The molecule has 1 nitrogen and oxygen atoms in total. The summed E-state index contributed by atoms with van der Waals surface area (Å²) in [6.45, 7) is 0. The van der Waals surface area contributed by atoms with E-state index >= 15 is 0 Å².